The first-order valence-corrected chi connectivity index (χ1v) is 4.74. The molecular formula is C11H13ClO2. The van der Waals surface area contributed by atoms with Crippen LogP contribution >= 0.6 is 11.6 Å². The number of halogens is 1. The van der Waals surface area contributed by atoms with E-state index >= 15 is 0 Å². The zero-order valence-corrected chi connectivity index (χ0v) is 9.26. The van der Waals surface area contributed by atoms with Gasteiger partial charge >= 0.3 is 0 Å². The first-order chi connectivity index (χ1) is 6.44. The highest BCUT2D eigenvalue weighted by Crippen LogP contribution is 2.30. The molecule has 76 valence electrons. The lowest BCUT2D eigenvalue weighted by molar-refractivity contribution is 0.109. The number of benzene rings is 1. The van der Waals surface area contributed by atoms with Crippen molar-refractivity contribution in [3.05, 3.63) is 28.8 Å². The molecule has 0 aliphatic rings. The van der Waals surface area contributed by atoms with Crippen molar-refractivity contribution in [3.8, 4) is 5.75 Å². The highest BCUT2D eigenvalue weighted by atomic mass is 35.5. The first-order valence-electron chi connectivity index (χ1n) is 4.37. The lowest BCUT2D eigenvalue weighted by Gasteiger charge is -2.22. The van der Waals surface area contributed by atoms with Crippen LogP contribution in [0.25, 0.3) is 0 Å². The molecule has 0 saturated heterocycles. The topological polar surface area (TPSA) is 26.3 Å². The second-order valence-corrected chi connectivity index (χ2v) is 4.40. The van der Waals surface area contributed by atoms with Crippen LogP contribution in [0.5, 0.6) is 5.75 Å². The minimum Gasteiger partial charge on any atom is -0.486 e. The van der Waals surface area contributed by atoms with Gasteiger partial charge < -0.3 is 4.74 Å². The molecule has 0 saturated carbocycles. The normalized spacial score (nSPS) is 11.1. The summed E-state index contributed by atoms with van der Waals surface area (Å²) in [5, 5.41) is 0.463. The molecule has 1 aromatic carbocycles. The smallest absolute Gasteiger partial charge is 0.153 e. The lowest BCUT2D eigenvalue weighted by Crippen LogP contribution is -2.23. The molecule has 0 heterocycles. The Kier molecular flexibility index (Phi) is 3.17. The van der Waals surface area contributed by atoms with Gasteiger partial charge in [0, 0.05) is 0 Å². The molecule has 2 nitrogen and oxygen atoms in total. The number of rotatable bonds is 2. The number of hydrogen-bond donors (Lipinski definition) is 0. The maximum absolute atomic E-state index is 10.7. The van der Waals surface area contributed by atoms with E-state index in [1.54, 1.807) is 18.2 Å². The van der Waals surface area contributed by atoms with Gasteiger partial charge in [0.15, 0.2) is 6.29 Å². The van der Waals surface area contributed by atoms with Gasteiger partial charge in [-0.25, -0.2) is 0 Å². The quantitative estimate of drug-likeness (QED) is 0.703. The van der Waals surface area contributed by atoms with Crippen molar-refractivity contribution >= 4 is 17.9 Å². The molecule has 0 fully saturated rings. The van der Waals surface area contributed by atoms with Crippen molar-refractivity contribution in [1.29, 1.82) is 0 Å². The number of aldehydes is 1. The summed E-state index contributed by atoms with van der Waals surface area (Å²) in [4.78, 5) is 10.7. The zero-order chi connectivity index (χ0) is 10.8. The summed E-state index contributed by atoms with van der Waals surface area (Å²) in [5.74, 6) is 0.455. The summed E-state index contributed by atoms with van der Waals surface area (Å²) in [7, 11) is 0. The molecule has 0 bridgehead atoms. The van der Waals surface area contributed by atoms with Crippen LogP contribution in [-0.4, -0.2) is 11.9 Å². The summed E-state index contributed by atoms with van der Waals surface area (Å²) in [5.41, 5.74) is 0.121. The van der Waals surface area contributed by atoms with Gasteiger partial charge in [0.1, 0.15) is 11.4 Å². The molecule has 1 rings (SSSR count). The molecule has 0 aliphatic heterocycles. The third-order valence-corrected chi connectivity index (χ3v) is 1.83. The molecule has 0 amide bonds. The Morgan fingerprint density at radius 3 is 2.50 bits per heavy atom. The molecule has 0 atom stereocenters. The Labute approximate surface area is 88.8 Å². The molecule has 3 heteroatoms. The predicted octanol–water partition coefficient (Wildman–Crippen LogP) is 3.33. The van der Waals surface area contributed by atoms with E-state index < -0.39 is 0 Å². The summed E-state index contributed by atoms with van der Waals surface area (Å²) < 4.78 is 5.59. The Hall–Kier alpha value is -1.02. The Balaban J connectivity index is 3.11. The highest BCUT2D eigenvalue weighted by Gasteiger charge is 2.16. The van der Waals surface area contributed by atoms with Gasteiger partial charge in [-0.15, -0.1) is 0 Å². The fraction of sp³-hybridized carbons (Fsp3) is 0.364. The van der Waals surface area contributed by atoms with E-state index in [1.165, 1.54) is 0 Å². The number of carbonyl (C=O) groups is 1. The van der Waals surface area contributed by atoms with Gasteiger partial charge in [-0.05, 0) is 32.9 Å². The summed E-state index contributed by atoms with van der Waals surface area (Å²) in [6, 6.07) is 5.11. The maximum atomic E-state index is 10.7. The van der Waals surface area contributed by atoms with Crippen LogP contribution in [0.15, 0.2) is 18.2 Å². The molecule has 0 unspecified atom stereocenters. The fourth-order valence-corrected chi connectivity index (χ4v) is 1.25. The largest absolute Gasteiger partial charge is 0.486 e. The second-order valence-electron chi connectivity index (χ2n) is 3.99. The van der Waals surface area contributed by atoms with E-state index in [0.29, 0.717) is 16.3 Å². The van der Waals surface area contributed by atoms with Crippen LogP contribution in [-0.2, 0) is 0 Å². The van der Waals surface area contributed by atoms with E-state index in [4.69, 9.17) is 16.3 Å². The number of hydrogen-bond acceptors (Lipinski definition) is 2. The number of carbonyl (C=O) groups excluding carboxylic acids is 1. The second kappa shape index (κ2) is 4.01. The van der Waals surface area contributed by atoms with Gasteiger partial charge in [-0.3, -0.25) is 4.79 Å². The van der Waals surface area contributed by atoms with Crippen molar-refractivity contribution < 1.29 is 9.53 Å². The third kappa shape index (κ3) is 2.74. The van der Waals surface area contributed by atoms with Gasteiger partial charge in [0.2, 0.25) is 0 Å². The monoisotopic (exact) mass is 212 g/mol. The van der Waals surface area contributed by atoms with Crippen LogP contribution in [0.2, 0.25) is 5.02 Å². The van der Waals surface area contributed by atoms with E-state index in [1.807, 2.05) is 20.8 Å². The highest BCUT2D eigenvalue weighted by molar-refractivity contribution is 6.32. The van der Waals surface area contributed by atoms with Gasteiger partial charge in [-0.1, -0.05) is 17.7 Å². The fourth-order valence-electron chi connectivity index (χ4n) is 1.03. The van der Waals surface area contributed by atoms with Crippen LogP contribution in [0, 0.1) is 0 Å². The molecular weight excluding hydrogens is 200 g/mol. The predicted molar refractivity (Wildman–Crippen MR) is 57.2 cm³/mol. The van der Waals surface area contributed by atoms with Crippen molar-refractivity contribution in [3.63, 3.8) is 0 Å². The lowest BCUT2D eigenvalue weighted by atomic mass is 10.1. The van der Waals surface area contributed by atoms with Crippen molar-refractivity contribution in [2.75, 3.05) is 0 Å². The van der Waals surface area contributed by atoms with Gasteiger partial charge in [0.05, 0.1) is 10.6 Å². The van der Waals surface area contributed by atoms with E-state index in [0.717, 1.165) is 6.29 Å². The zero-order valence-electron chi connectivity index (χ0n) is 8.50. The van der Waals surface area contributed by atoms with Crippen molar-refractivity contribution in [2.45, 2.75) is 26.4 Å². The average molecular weight is 213 g/mol. The molecule has 0 aliphatic carbocycles. The SMILES string of the molecule is CC(C)(C)Oc1c(Cl)cccc1C=O. The Morgan fingerprint density at radius 2 is 2.00 bits per heavy atom. The number of para-hydroxylation sites is 1. The standard InChI is InChI=1S/C11H13ClO2/c1-11(2,3)14-10-8(7-13)5-4-6-9(10)12/h4-7H,1-3H3. The molecule has 0 spiro atoms. The Morgan fingerprint density at radius 1 is 1.36 bits per heavy atom. The van der Waals surface area contributed by atoms with Crippen LogP contribution < -0.4 is 4.74 Å². The molecule has 0 N–H and O–H groups in total. The third-order valence-electron chi connectivity index (χ3n) is 1.53. The van der Waals surface area contributed by atoms with Crippen LogP contribution in [0.1, 0.15) is 31.1 Å². The molecule has 0 radical (unpaired) electrons. The summed E-state index contributed by atoms with van der Waals surface area (Å²) in [6.07, 6.45) is 0.743. The molecule has 14 heavy (non-hydrogen) atoms. The first kappa shape index (κ1) is 11.1. The molecule has 0 aromatic heterocycles. The van der Waals surface area contributed by atoms with E-state index in [9.17, 15) is 4.79 Å². The summed E-state index contributed by atoms with van der Waals surface area (Å²) in [6.45, 7) is 5.72. The number of ether oxygens (including phenoxy) is 1. The van der Waals surface area contributed by atoms with Crippen LogP contribution in [0.3, 0.4) is 0 Å². The van der Waals surface area contributed by atoms with Crippen molar-refractivity contribution in [2.24, 2.45) is 0 Å². The van der Waals surface area contributed by atoms with E-state index in [-0.39, 0.29) is 5.60 Å². The summed E-state index contributed by atoms with van der Waals surface area (Å²) >= 11 is 5.93. The van der Waals surface area contributed by atoms with Crippen LogP contribution in [0.4, 0.5) is 0 Å². The van der Waals surface area contributed by atoms with E-state index in [2.05, 4.69) is 0 Å². The minimum absolute atomic E-state index is 0.358. The van der Waals surface area contributed by atoms with Gasteiger partial charge in [0.25, 0.3) is 0 Å². The average Bonchev–Trinajstić information content (AvgIpc) is 2.06. The Bertz CT molecular complexity index is 340. The van der Waals surface area contributed by atoms with Gasteiger partial charge in [-0.2, -0.15) is 0 Å². The minimum atomic E-state index is -0.358. The maximum Gasteiger partial charge on any atom is 0.153 e. The van der Waals surface area contributed by atoms with Crippen molar-refractivity contribution in [1.82, 2.24) is 0 Å². The molecule has 1 aromatic rings.